The molecule has 3 heterocycles. The molecule has 6 nitrogen and oxygen atoms in total. The van der Waals surface area contributed by atoms with Gasteiger partial charge in [-0.15, -0.1) is 0 Å². The monoisotopic (exact) mass is 346 g/mol. The fraction of sp³-hybridized carbons (Fsp3) is 0.412. The van der Waals surface area contributed by atoms with Crippen LogP contribution in [0.4, 0.5) is 0 Å². The highest BCUT2D eigenvalue weighted by Crippen LogP contribution is 2.36. The minimum Gasteiger partial charge on any atom is -0.464 e. The third kappa shape index (κ3) is 2.31. The van der Waals surface area contributed by atoms with Crippen LogP contribution in [0.2, 0.25) is 0 Å². The number of benzene rings is 1. The summed E-state index contributed by atoms with van der Waals surface area (Å²) in [5.74, 6) is -0.387. The van der Waals surface area contributed by atoms with Gasteiger partial charge in [0.05, 0.1) is 12.1 Å². The molecular formula is C17H18N2O4S. The molecule has 0 N–H and O–H groups in total. The standard InChI is InChI=1S/C17H18N2O4S/c1-11-5-6-12-3-2-4-14(15(12)18-11)24(21,22)19-9-7-13-8-10-23-17(20)16(13)19/h2-6,13,16H,7-10H2,1H3/t13-,16-/m1/s1. The van der Waals surface area contributed by atoms with Gasteiger partial charge in [-0.05, 0) is 37.8 Å². The summed E-state index contributed by atoms with van der Waals surface area (Å²) >= 11 is 0. The van der Waals surface area contributed by atoms with E-state index in [-0.39, 0.29) is 10.8 Å². The lowest BCUT2D eigenvalue weighted by Gasteiger charge is -2.29. The van der Waals surface area contributed by atoms with Gasteiger partial charge in [0.15, 0.2) is 0 Å². The van der Waals surface area contributed by atoms with E-state index in [1.54, 1.807) is 12.1 Å². The second-order valence-electron chi connectivity index (χ2n) is 6.35. The molecule has 2 aliphatic heterocycles. The molecule has 0 aliphatic carbocycles. The average Bonchev–Trinajstić information content (AvgIpc) is 3.00. The van der Waals surface area contributed by atoms with Crippen LogP contribution in [-0.2, 0) is 19.6 Å². The smallest absolute Gasteiger partial charge is 0.324 e. The molecule has 126 valence electrons. The van der Waals surface area contributed by atoms with Crippen molar-refractivity contribution in [2.24, 2.45) is 5.92 Å². The molecule has 2 aliphatic rings. The van der Waals surface area contributed by atoms with Crippen LogP contribution in [0.25, 0.3) is 10.9 Å². The van der Waals surface area contributed by atoms with Crippen molar-refractivity contribution in [3.63, 3.8) is 0 Å². The maximum absolute atomic E-state index is 13.2. The SMILES string of the molecule is Cc1ccc2cccc(S(=O)(=O)N3CC[C@@H]4CCOC(=O)[C@@H]43)c2n1. The molecule has 24 heavy (non-hydrogen) atoms. The van der Waals surface area contributed by atoms with Crippen molar-refractivity contribution in [3.05, 3.63) is 36.0 Å². The van der Waals surface area contributed by atoms with Crippen molar-refractivity contribution in [2.75, 3.05) is 13.2 Å². The van der Waals surface area contributed by atoms with Crippen LogP contribution in [0.5, 0.6) is 0 Å². The summed E-state index contributed by atoms with van der Waals surface area (Å²) in [5.41, 5.74) is 1.20. The van der Waals surface area contributed by atoms with E-state index in [0.29, 0.717) is 25.1 Å². The summed E-state index contributed by atoms with van der Waals surface area (Å²) in [6.07, 6.45) is 1.41. The summed E-state index contributed by atoms with van der Waals surface area (Å²) < 4.78 is 32.9. The normalized spacial score (nSPS) is 24.8. The van der Waals surface area contributed by atoms with E-state index >= 15 is 0 Å². The number of aromatic nitrogens is 1. The van der Waals surface area contributed by atoms with E-state index in [2.05, 4.69) is 4.98 Å². The van der Waals surface area contributed by atoms with Gasteiger partial charge in [-0.2, -0.15) is 4.31 Å². The van der Waals surface area contributed by atoms with Gasteiger partial charge in [-0.25, -0.2) is 8.42 Å². The molecule has 2 fully saturated rings. The number of pyridine rings is 1. The molecule has 0 saturated carbocycles. The molecule has 0 bridgehead atoms. The Morgan fingerprint density at radius 3 is 2.88 bits per heavy atom. The molecule has 1 aromatic carbocycles. The third-order valence-corrected chi connectivity index (χ3v) is 6.77. The van der Waals surface area contributed by atoms with E-state index in [1.807, 2.05) is 25.1 Å². The summed E-state index contributed by atoms with van der Waals surface area (Å²) in [6, 6.07) is 8.11. The largest absolute Gasteiger partial charge is 0.464 e. The van der Waals surface area contributed by atoms with Gasteiger partial charge in [-0.1, -0.05) is 18.2 Å². The van der Waals surface area contributed by atoms with Crippen LogP contribution >= 0.6 is 0 Å². The van der Waals surface area contributed by atoms with Gasteiger partial charge in [0.2, 0.25) is 10.0 Å². The molecule has 0 radical (unpaired) electrons. The second-order valence-corrected chi connectivity index (χ2v) is 8.20. The fourth-order valence-electron chi connectivity index (χ4n) is 3.66. The highest BCUT2D eigenvalue weighted by molar-refractivity contribution is 7.89. The number of cyclic esters (lactones) is 1. The molecule has 0 unspecified atom stereocenters. The minimum absolute atomic E-state index is 0.0469. The zero-order valence-electron chi connectivity index (χ0n) is 13.3. The Morgan fingerprint density at radius 2 is 2.04 bits per heavy atom. The summed E-state index contributed by atoms with van der Waals surface area (Å²) in [7, 11) is -3.82. The maximum Gasteiger partial charge on any atom is 0.324 e. The average molecular weight is 346 g/mol. The quantitative estimate of drug-likeness (QED) is 0.776. The summed E-state index contributed by atoms with van der Waals surface area (Å²) in [6.45, 7) is 2.55. The first kappa shape index (κ1) is 15.5. The Balaban J connectivity index is 1.84. The van der Waals surface area contributed by atoms with E-state index in [1.165, 1.54) is 4.31 Å². The molecule has 2 atom stereocenters. The molecule has 4 rings (SSSR count). The number of carbonyl (C=O) groups excluding carboxylic acids is 1. The number of para-hydroxylation sites is 1. The van der Waals surface area contributed by atoms with Crippen LogP contribution < -0.4 is 0 Å². The van der Waals surface area contributed by atoms with Crippen LogP contribution in [0.15, 0.2) is 35.2 Å². The van der Waals surface area contributed by atoms with E-state index in [0.717, 1.165) is 17.5 Å². The van der Waals surface area contributed by atoms with Crippen molar-refractivity contribution in [3.8, 4) is 0 Å². The number of fused-ring (bicyclic) bond motifs is 2. The zero-order valence-corrected chi connectivity index (χ0v) is 14.1. The molecule has 2 aromatic rings. The highest BCUT2D eigenvalue weighted by atomic mass is 32.2. The Labute approximate surface area is 140 Å². The molecule has 1 aromatic heterocycles. The number of esters is 1. The lowest BCUT2D eigenvalue weighted by Crippen LogP contribution is -2.46. The van der Waals surface area contributed by atoms with Crippen molar-refractivity contribution < 1.29 is 17.9 Å². The molecule has 0 amide bonds. The number of aryl methyl sites for hydroxylation is 1. The van der Waals surface area contributed by atoms with E-state index < -0.39 is 22.0 Å². The predicted molar refractivity (Wildman–Crippen MR) is 87.8 cm³/mol. The van der Waals surface area contributed by atoms with Crippen LogP contribution in [0.1, 0.15) is 18.5 Å². The van der Waals surface area contributed by atoms with Gasteiger partial charge in [0, 0.05) is 17.6 Å². The Kier molecular flexibility index (Phi) is 3.58. The maximum atomic E-state index is 13.2. The highest BCUT2D eigenvalue weighted by Gasteiger charge is 2.48. The van der Waals surface area contributed by atoms with Gasteiger partial charge in [-0.3, -0.25) is 9.78 Å². The van der Waals surface area contributed by atoms with Gasteiger partial charge < -0.3 is 4.74 Å². The van der Waals surface area contributed by atoms with Crippen molar-refractivity contribution in [2.45, 2.75) is 30.7 Å². The predicted octanol–water partition coefficient (Wildman–Crippen LogP) is 1.87. The van der Waals surface area contributed by atoms with Crippen LogP contribution in [0.3, 0.4) is 0 Å². The van der Waals surface area contributed by atoms with Crippen molar-refractivity contribution >= 4 is 26.9 Å². The fourth-order valence-corrected chi connectivity index (χ4v) is 5.47. The lowest BCUT2D eigenvalue weighted by molar-refractivity contribution is -0.153. The molecule has 0 spiro atoms. The first-order valence-corrected chi connectivity index (χ1v) is 9.47. The van der Waals surface area contributed by atoms with E-state index in [4.69, 9.17) is 4.74 Å². The van der Waals surface area contributed by atoms with Crippen LogP contribution in [0, 0.1) is 12.8 Å². The van der Waals surface area contributed by atoms with Gasteiger partial charge >= 0.3 is 5.97 Å². The first-order valence-electron chi connectivity index (χ1n) is 8.03. The Morgan fingerprint density at radius 1 is 1.21 bits per heavy atom. The third-order valence-electron chi connectivity index (χ3n) is 4.86. The van der Waals surface area contributed by atoms with E-state index in [9.17, 15) is 13.2 Å². The number of hydrogen-bond donors (Lipinski definition) is 0. The van der Waals surface area contributed by atoms with Crippen molar-refractivity contribution in [1.82, 2.24) is 9.29 Å². The number of hydrogen-bond acceptors (Lipinski definition) is 5. The second kappa shape index (κ2) is 5.53. The number of rotatable bonds is 2. The number of nitrogens with zero attached hydrogens (tertiary/aromatic N) is 2. The number of sulfonamides is 1. The van der Waals surface area contributed by atoms with Crippen LogP contribution in [-0.4, -0.2) is 42.9 Å². The lowest BCUT2D eigenvalue weighted by atomic mass is 9.96. The minimum atomic E-state index is -3.82. The number of carbonyl (C=O) groups is 1. The van der Waals surface area contributed by atoms with Gasteiger partial charge in [0.25, 0.3) is 0 Å². The summed E-state index contributed by atoms with van der Waals surface area (Å²) in [4.78, 5) is 16.7. The topological polar surface area (TPSA) is 76.6 Å². The Hall–Kier alpha value is -1.99. The molecular weight excluding hydrogens is 328 g/mol. The summed E-state index contributed by atoms with van der Waals surface area (Å²) in [5, 5.41) is 0.767. The molecule has 2 saturated heterocycles. The Bertz CT molecular complexity index is 925. The zero-order chi connectivity index (χ0) is 16.9. The number of ether oxygens (including phenoxy) is 1. The van der Waals surface area contributed by atoms with Crippen molar-refractivity contribution in [1.29, 1.82) is 0 Å². The van der Waals surface area contributed by atoms with Gasteiger partial charge in [0.1, 0.15) is 10.9 Å². The first-order chi connectivity index (χ1) is 11.5. The molecule has 7 heteroatoms.